The van der Waals surface area contributed by atoms with Crippen molar-refractivity contribution in [3.05, 3.63) is 88.4 Å². The van der Waals surface area contributed by atoms with Crippen molar-refractivity contribution < 1.29 is 4.74 Å². The lowest BCUT2D eigenvalue weighted by Gasteiger charge is -2.25. The summed E-state index contributed by atoms with van der Waals surface area (Å²) in [6, 6.07) is 22.9. The summed E-state index contributed by atoms with van der Waals surface area (Å²) in [4.78, 5) is 0. The van der Waals surface area contributed by atoms with Gasteiger partial charge in [0.1, 0.15) is 11.9 Å². The summed E-state index contributed by atoms with van der Waals surface area (Å²) in [6.07, 6.45) is 2.15. The van der Waals surface area contributed by atoms with E-state index in [0.29, 0.717) is 0 Å². The number of rotatable bonds is 6. The lowest BCUT2D eigenvalue weighted by atomic mass is 9.88. The third-order valence-electron chi connectivity index (χ3n) is 5.25. The molecular weight excluding hydrogens is 376 g/mol. The number of hydrogen-bond donors (Lipinski definition) is 0. The number of hydrogen-bond acceptors (Lipinski definition) is 1. The molecule has 0 saturated heterocycles. The maximum absolute atomic E-state index is 6.55. The summed E-state index contributed by atoms with van der Waals surface area (Å²) in [6.45, 7) is 11.1. The van der Waals surface area contributed by atoms with Gasteiger partial charge in [0.2, 0.25) is 0 Å². The molecule has 0 aliphatic carbocycles. The molecule has 2 heteroatoms. The van der Waals surface area contributed by atoms with Crippen LogP contribution in [0.3, 0.4) is 0 Å². The number of halogens is 1. The maximum atomic E-state index is 6.55. The smallest absolute Gasteiger partial charge is 0.124 e. The van der Waals surface area contributed by atoms with Gasteiger partial charge in [-0.25, -0.2) is 0 Å². The van der Waals surface area contributed by atoms with Gasteiger partial charge in [-0.1, -0.05) is 74.8 Å². The summed E-state index contributed by atoms with van der Waals surface area (Å²) in [5.74, 6) is 0.931. The molecule has 0 fully saturated rings. The minimum absolute atomic E-state index is 0.0515. The Bertz CT molecular complexity index is 914. The molecule has 0 spiro atoms. The number of ether oxygens (including phenoxy) is 1. The van der Waals surface area contributed by atoms with Crippen LogP contribution in [0.5, 0.6) is 5.75 Å². The van der Waals surface area contributed by atoms with Gasteiger partial charge in [-0.05, 0) is 84.2 Å². The molecular formula is C27H31ClO. The van der Waals surface area contributed by atoms with Crippen LogP contribution < -0.4 is 4.74 Å². The molecule has 152 valence electrons. The van der Waals surface area contributed by atoms with Crippen LogP contribution in [0.4, 0.5) is 0 Å². The lowest BCUT2D eigenvalue weighted by molar-refractivity contribution is 0.172. The molecule has 1 nitrogen and oxygen atoms in total. The fraction of sp³-hybridized carbons (Fsp3) is 0.333. The largest absolute Gasteiger partial charge is 0.486 e. The van der Waals surface area contributed by atoms with Gasteiger partial charge in [-0.3, -0.25) is 0 Å². The molecule has 0 aliphatic rings. The van der Waals surface area contributed by atoms with Crippen LogP contribution in [0.25, 0.3) is 11.1 Å². The minimum atomic E-state index is 0.0515. The Morgan fingerprint density at radius 3 is 2.00 bits per heavy atom. The predicted octanol–water partition coefficient (Wildman–Crippen LogP) is 8.57. The van der Waals surface area contributed by atoms with Gasteiger partial charge in [-0.15, -0.1) is 0 Å². The molecule has 0 aromatic heterocycles. The highest BCUT2D eigenvalue weighted by Gasteiger charge is 2.19. The predicted molar refractivity (Wildman–Crippen MR) is 125 cm³/mol. The molecule has 0 N–H and O–H groups in total. The summed E-state index contributed by atoms with van der Waals surface area (Å²) >= 11 is 6.06. The van der Waals surface area contributed by atoms with Crippen molar-refractivity contribution in [3.8, 4) is 16.9 Å². The van der Waals surface area contributed by atoms with E-state index in [1.54, 1.807) is 0 Å². The van der Waals surface area contributed by atoms with Crippen LogP contribution in [0.2, 0.25) is 5.02 Å². The van der Waals surface area contributed by atoms with E-state index in [9.17, 15) is 0 Å². The average molecular weight is 407 g/mol. The highest BCUT2D eigenvalue weighted by atomic mass is 35.5. The molecule has 3 aromatic carbocycles. The van der Waals surface area contributed by atoms with Crippen LogP contribution in [0.1, 0.15) is 56.4 Å². The summed E-state index contributed by atoms with van der Waals surface area (Å²) in [5, 5.41) is 0.758. The van der Waals surface area contributed by atoms with Crippen molar-refractivity contribution in [2.75, 3.05) is 0 Å². The Labute approximate surface area is 180 Å². The molecule has 0 radical (unpaired) electrons. The Hall–Kier alpha value is -2.25. The number of aryl methyl sites for hydroxylation is 2. The van der Waals surface area contributed by atoms with E-state index in [1.165, 1.54) is 27.8 Å². The van der Waals surface area contributed by atoms with Crippen LogP contribution >= 0.6 is 11.6 Å². The van der Waals surface area contributed by atoms with Gasteiger partial charge in [0.25, 0.3) is 0 Å². The summed E-state index contributed by atoms with van der Waals surface area (Å²) in [5.41, 5.74) is 6.37. The second-order valence-corrected chi connectivity index (χ2v) is 9.49. The molecule has 3 rings (SSSR count). The topological polar surface area (TPSA) is 9.23 Å². The molecule has 0 aliphatic heterocycles. The first kappa shape index (κ1) is 21.5. The molecule has 0 amide bonds. The van der Waals surface area contributed by atoms with Gasteiger partial charge in [-0.2, -0.15) is 0 Å². The van der Waals surface area contributed by atoms with E-state index in [4.69, 9.17) is 16.3 Å². The first-order chi connectivity index (χ1) is 13.7. The van der Waals surface area contributed by atoms with Crippen molar-refractivity contribution in [1.82, 2.24) is 0 Å². The minimum Gasteiger partial charge on any atom is -0.486 e. The van der Waals surface area contributed by atoms with Gasteiger partial charge in [0.05, 0.1) is 0 Å². The highest BCUT2D eigenvalue weighted by Crippen LogP contribution is 2.35. The van der Waals surface area contributed by atoms with E-state index < -0.39 is 0 Å². The molecule has 29 heavy (non-hydrogen) atoms. The third kappa shape index (κ3) is 5.87. The van der Waals surface area contributed by atoms with Gasteiger partial charge in [0, 0.05) is 5.02 Å². The molecule has 0 bridgehead atoms. The first-order valence-corrected chi connectivity index (χ1v) is 10.7. The second-order valence-electron chi connectivity index (χ2n) is 9.06. The van der Waals surface area contributed by atoms with E-state index in [2.05, 4.69) is 89.2 Å². The van der Waals surface area contributed by atoms with Crippen LogP contribution in [0, 0.1) is 19.3 Å². The third-order valence-corrected chi connectivity index (χ3v) is 5.50. The van der Waals surface area contributed by atoms with Crippen molar-refractivity contribution in [1.29, 1.82) is 0 Å². The average Bonchev–Trinajstić information content (AvgIpc) is 2.66. The summed E-state index contributed by atoms with van der Waals surface area (Å²) in [7, 11) is 0. The Kier molecular flexibility index (Phi) is 6.70. The Morgan fingerprint density at radius 1 is 0.862 bits per heavy atom. The van der Waals surface area contributed by atoms with Crippen molar-refractivity contribution in [2.45, 2.75) is 53.6 Å². The van der Waals surface area contributed by atoms with Crippen molar-refractivity contribution in [3.63, 3.8) is 0 Å². The quantitative estimate of drug-likeness (QED) is 0.398. The van der Waals surface area contributed by atoms with E-state index in [0.717, 1.165) is 23.6 Å². The highest BCUT2D eigenvalue weighted by molar-refractivity contribution is 6.30. The van der Waals surface area contributed by atoms with E-state index in [1.807, 2.05) is 12.1 Å². The van der Waals surface area contributed by atoms with E-state index in [-0.39, 0.29) is 11.5 Å². The fourth-order valence-electron chi connectivity index (χ4n) is 3.75. The SMILES string of the molecule is Cc1cc(OC(CCC(C)(C)C)c2ccccc2)cc(C)c1-c1ccc(Cl)cc1. The fourth-order valence-corrected chi connectivity index (χ4v) is 3.88. The Balaban J connectivity index is 1.88. The van der Waals surface area contributed by atoms with Crippen LogP contribution in [-0.4, -0.2) is 0 Å². The lowest BCUT2D eigenvalue weighted by Crippen LogP contribution is -2.13. The van der Waals surface area contributed by atoms with E-state index >= 15 is 0 Å². The first-order valence-electron chi connectivity index (χ1n) is 10.3. The van der Waals surface area contributed by atoms with Gasteiger partial charge in [0.15, 0.2) is 0 Å². The van der Waals surface area contributed by atoms with Crippen molar-refractivity contribution in [2.24, 2.45) is 5.41 Å². The zero-order chi connectivity index (χ0) is 21.0. The zero-order valence-corrected chi connectivity index (χ0v) is 18.9. The zero-order valence-electron chi connectivity index (χ0n) is 18.1. The molecule has 0 heterocycles. The molecule has 0 saturated carbocycles. The van der Waals surface area contributed by atoms with Crippen molar-refractivity contribution >= 4 is 11.6 Å². The molecule has 3 aromatic rings. The number of benzene rings is 3. The standard InChI is InChI=1S/C27H31ClO/c1-19-17-24(18-20(2)26(19)22-11-13-23(28)14-12-22)29-25(15-16-27(3,4)5)21-9-7-6-8-10-21/h6-14,17-18,25H,15-16H2,1-5H3. The second kappa shape index (κ2) is 9.05. The monoisotopic (exact) mass is 406 g/mol. The maximum Gasteiger partial charge on any atom is 0.124 e. The van der Waals surface area contributed by atoms with Gasteiger partial charge >= 0.3 is 0 Å². The van der Waals surface area contributed by atoms with Crippen LogP contribution in [-0.2, 0) is 0 Å². The summed E-state index contributed by atoms with van der Waals surface area (Å²) < 4.78 is 6.55. The molecule has 1 atom stereocenters. The van der Waals surface area contributed by atoms with Crippen LogP contribution in [0.15, 0.2) is 66.7 Å². The Morgan fingerprint density at radius 2 is 1.45 bits per heavy atom. The molecule has 1 unspecified atom stereocenters. The van der Waals surface area contributed by atoms with Gasteiger partial charge < -0.3 is 4.74 Å². The normalized spacial score (nSPS) is 12.6.